The second kappa shape index (κ2) is 8.41. The number of hydrogen-bond donors (Lipinski definition) is 1. The number of carbonyl (C=O) groups is 1. The van der Waals surface area contributed by atoms with Crippen LogP contribution >= 0.6 is 11.6 Å². The minimum atomic E-state index is -3.47. The first-order valence-corrected chi connectivity index (χ1v) is 11.8. The molecular weight excluding hydrogens is 422 g/mol. The van der Waals surface area contributed by atoms with Crippen LogP contribution in [0.15, 0.2) is 59.6 Å². The predicted octanol–water partition coefficient (Wildman–Crippen LogP) is 3.96. The second-order valence-corrected chi connectivity index (χ2v) is 9.95. The highest BCUT2D eigenvalue weighted by Crippen LogP contribution is 2.27. The smallest absolute Gasteiger partial charge is 0.243 e. The Kier molecular flexibility index (Phi) is 5.86. The van der Waals surface area contributed by atoms with Crippen molar-refractivity contribution in [3.05, 3.63) is 65.3 Å². The quantitative estimate of drug-likeness (QED) is 0.624. The first-order chi connectivity index (χ1) is 14.4. The zero-order valence-corrected chi connectivity index (χ0v) is 18.3. The molecule has 0 aliphatic carbocycles. The molecule has 1 N–H and O–H groups in total. The average Bonchev–Trinajstić information content (AvgIpc) is 3.41. The molecule has 30 heavy (non-hydrogen) atoms. The van der Waals surface area contributed by atoms with Gasteiger partial charge in [0.2, 0.25) is 15.9 Å². The minimum Gasteiger partial charge on any atom is -0.350 e. The Balaban J connectivity index is 1.52. The Hall–Kier alpha value is -2.35. The van der Waals surface area contributed by atoms with Gasteiger partial charge in [-0.25, -0.2) is 8.42 Å². The third-order valence-electron chi connectivity index (χ3n) is 5.55. The van der Waals surface area contributed by atoms with Gasteiger partial charge in [-0.1, -0.05) is 23.7 Å². The number of amides is 1. The van der Waals surface area contributed by atoms with Crippen molar-refractivity contribution < 1.29 is 13.2 Å². The number of fused-ring (bicyclic) bond motifs is 1. The van der Waals surface area contributed by atoms with Gasteiger partial charge in [0.25, 0.3) is 0 Å². The number of benzene rings is 2. The number of nitrogens with one attached hydrogen (secondary N) is 1. The standard InChI is InChI=1S/C22H24ClN3O3S/c1-16(22(27)24-15-17-5-4-6-19(23)13-17)26-12-9-18-14-20(7-8-21(18)26)30(28,29)25-10-2-3-11-25/h4-9,12-14,16H,2-3,10-11,15H2,1H3,(H,24,27)/t16-/m0/s1. The summed E-state index contributed by atoms with van der Waals surface area (Å²) in [7, 11) is -3.47. The van der Waals surface area contributed by atoms with Crippen molar-refractivity contribution in [1.29, 1.82) is 0 Å². The lowest BCUT2D eigenvalue weighted by atomic mass is 10.2. The number of halogens is 1. The largest absolute Gasteiger partial charge is 0.350 e. The summed E-state index contributed by atoms with van der Waals surface area (Å²) in [6.07, 6.45) is 3.62. The zero-order chi connectivity index (χ0) is 21.3. The fourth-order valence-electron chi connectivity index (χ4n) is 3.83. The van der Waals surface area contributed by atoms with Gasteiger partial charge in [0.1, 0.15) is 6.04 Å². The summed E-state index contributed by atoms with van der Waals surface area (Å²) in [5, 5.41) is 4.36. The molecule has 2 heterocycles. The summed E-state index contributed by atoms with van der Waals surface area (Å²) in [5.74, 6) is -0.124. The summed E-state index contributed by atoms with van der Waals surface area (Å²) < 4.78 is 29.0. The Morgan fingerprint density at radius 3 is 2.63 bits per heavy atom. The molecule has 1 aliphatic heterocycles. The van der Waals surface area contributed by atoms with Gasteiger partial charge in [0.15, 0.2) is 0 Å². The van der Waals surface area contributed by atoms with Crippen molar-refractivity contribution in [2.75, 3.05) is 13.1 Å². The maximum atomic E-state index is 12.8. The summed E-state index contributed by atoms with van der Waals surface area (Å²) >= 11 is 5.99. The molecule has 1 amide bonds. The van der Waals surface area contributed by atoms with Crippen molar-refractivity contribution in [2.45, 2.75) is 37.2 Å². The van der Waals surface area contributed by atoms with Crippen LogP contribution in [0.2, 0.25) is 5.02 Å². The molecule has 6 nitrogen and oxygen atoms in total. The zero-order valence-electron chi connectivity index (χ0n) is 16.7. The van der Waals surface area contributed by atoms with Gasteiger partial charge in [-0.2, -0.15) is 4.31 Å². The molecule has 1 fully saturated rings. The van der Waals surface area contributed by atoms with Crippen LogP contribution in [-0.4, -0.2) is 36.3 Å². The molecule has 4 rings (SSSR count). The highest BCUT2D eigenvalue weighted by Gasteiger charge is 2.27. The van der Waals surface area contributed by atoms with E-state index in [0.29, 0.717) is 29.6 Å². The topological polar surface area (TPSA) is 71.4 Å². The van der Waals surface area contributed by atoms with E-state index in [1.807, 2.05) is 42.0 Å². The second-order valence-electron chi connectivity index (χ2n) is 7.58. The first-order valence-electron chi connectivity index (χ1n) is 9.99. The molecule has 2 aromatic carbocycles. The van der Waals surface area contributed by atoms with E-state index in [1.165, 1.54) is 4.31 Å². The molecule has 0 saturated carbocycles. The maximum Gasteiger partial charge on any atom is 0.243 e. The van der Waals surface area contributed by atoms with Gasteiger partial charge in [0.05, 0.1) is 4.90 Å². The van der Waals surface area contributed by atoms with Crippen LogP contribution in [0.3, 0.4) is 0 Å². The molecule has 1 saturated heterocycles. The Morgan fingerprint density at radius 1 is 1.13 bits per heavy atom. The molecule has 1 aromatic heterocycles. The number of rotatable bonds is 6. The fraction of sp³-hybridized carbons (Fsp3) is 0.318. The predicted molar refractivity (Wildman–Crippen MR) is 118 cm³/mol. The molecule has 158 valence electrons. The van der Waals surface area contributed by atoms with E-state index in [4.69, 9.17) is 11.6 Å². The first kappa shape index (κ1) is 20.9. The van der Waals surface area contributed by atoms with E-state index < -0.39 is 16.1 Å². The SMILES string of the molecule is C[C@@H](C(=O)NCc1cccc(Cl)c1)n1ccc2cc(S(=O)(=O)N3CCCC3)ccc21. The Bertz CT molecular complexity index is 1180. The molecule has 1 atom stereocenters. The lowest BCUT2D eigenvalue weighted by molar-refractivity contribution is -0.123. The van der Waals surface area contributed by atoms with Gasteiger partial charge in [0, 0.05) is 41.8 Å². The molecule has 0 unspecified atom stereocenters. The van der Waals surface area contributed by atoms with E-state index in [9.17, 15) is 13.2 Å². The Morgan fingerprint density at radius 2 is 1.90 bits per heavy atom. The number of sulfonamides is 1. The van der Waals surface area contributed by atoms with Crippen LogP contribution < -0.4 is 5.32 Å². The van der Waals surface area contributed by atoms with E-state index >= 15 is 0 Å². The van der Waals surface area contributed by atoms with E-state index in [-0.39, 0.29) is 5.91 Å². The van der Waals surface area contributed by atoms with Crippen molar-refractivity contribution in [3.8, 4) is 0 Å². The summed E-state index contributed by atoms with van der Waals surface area (Å²) in [4.78, 5) is 13.0. The molecular formula is C22H24ClN3O3S. The summed E-state index contributed by atoms with van der Waals surface area (Å²) in [6.45, 7) is 3.36. The number of nitrogens with zero attached hydrogens (tertiary/aromatic N) is 2. The van der Waals surface area contributed by atoms with Crippen molar-refractivity contribution in [3.63, 3.8) is 0 Å². The normalized spacial score (nSPS) is 16.1. The third kappa shape index (κ3) is 4.10. The molecule has 8 heteroatoms. The monoisotopic (exact) mass is 445 g/mol. The average molecular weight is 446 g/mol. The van der Waals surface area contributed by atoms with Crippen molar-refractivity contribution in [2.24, 2.45) is 0 Å². The van der Waals surface area contributed by atoms with Crippen LogP contribution in [0, 0.1) is 0 Å². The van der Waals surface area contributed by atoms with Gasteiger partial charge < -0.3 is 9.88 Å². The van der Waals surface area contributed by atoms with Gasteiger partial charge in [-0.3, -0.25) is 4.79 Å². The van der Waals surface area contributed by atoms with E-state index in [2.05, 4.69) is 5.32 Å². The maximum absolute atomic E-state index is 12.8. The van der Waals surface area contributed by atoms with Crippen LogP contribution in [0.4, 0.5) is 0 Å². The van der Waals surface area contributed by atoms with Crippen molar-refractivity contribution in [1.82, 2.24) is 14.2 Å². The van der Waals surface area contributed by atoms with Gasteiger partial charge in [-0.05, 0) is 61.7 Å². The van der Waals surface area contributed by atoms with Crippen LogP contribution in [0.25, 0.3) is 10.9 Å². The molecule has 0 radical (unpaired) electrons. The number of aromatic nitrogens is 1. The minimum absolute atomic E-state index is 0.124. The van der Waals surface area contributed by atoms with Gasteiger partial charge >= 0.3 is 0 Å². The van der Waals surface area contributed by atoms with Crippen molar-refractivity contribution >= 4 is 38.4 Å². The highest BCUT2D eigenvalue weighted by atomic mass is 35.5. The summed E-state index contributed by atoms with van der Waals surface area (Å²) in [6, 6.07) is 13.9. The summed E-state index contributed by atoms with van der Waals surface area (Å²) in [5.41, 5.74) is 1.75. The van der Waals surface area contributed by atoms with Gasteiger partial charge in [-0.15, -0.1) is 0 Å². The molecule has 1 aliphatic rings. The lowest BCUT2D eigenvalue weighted by Gasteiger charge is -2.17. The van der Waals surface area contributed by atoms with E-state index in [0.717, 1.165) is 29.3 Å². The molecule has 0 spiro atoms. The van der Waals surface area contributed by atoms with Crippen LogP contribution in [0.1, 0.15) is 31.4 Å². The number of carbonyl (C=O) groups excluding carboxylic acids is 1. The fourth-order valence-corrected chi connectivity index (χ4v) is 5.59. The van der Waals surface area contributed by atoms with Crippen LogP contribution in [0.5, 0.6) is 0 Å². The van der Waals surface area contributed by atoms with E-state index in [1.54, 1.807) is 24.3 Å². The highest BCUT2D eigenvalue weighted by molar-refractivity contribution is 7.89. The van der Waals surface area contributed by atoms with Crippen LogP contribution in [-0.2, 0) is 21.4 Å². The Labute approximate surface area is 181 Å². The lowest BCUT2D eigenvalue weighted by Crippen LogP contribution is -2.30. The molecule has 3 aromatic rings. The molecule has 0 bridgehead atoms. The third-order valence-corrected chi connectivity index (χ3v) is 7.68. The number of hydrogen-bond acceptors (Lipinski definition) is 3.